The summed E-state index contributed by atoms with van der Waals surface area (Å²) in [5.74, 6) is 0. The first-order valence-electron chi connectivity index (χ1n) is 5.76. The third kappa shape index (κ3) is 3.46. The lowest BCUT2D eigenvalue weighted by Gasteiger charge is -2.17. The maximum absolute atomic E-state index is 11.9. The van der Waals surface area contributed by atoms with Gasteiger partial charge in [-0.1, -0.05) is 0 Å². The maximum atomic E-state index is 11.9. The third-order valence-corrected chi connectivity index (χ3v) is 4.47. The van der Waals surface area contributed by atoms with Crippen molar-refractivity contribution in [3.63, 3.8) is 0 Å². The van der Waals surface area contributed by atoms with Crippen molar-refractivity contribution >= 4 is 37.7 Å². The fourth-order valence-corrected chi connectivity index (χ4v) is 3.06. The Hall–Kier alpha value is -1.12. The van der Waals surface area contributed by atoms with Gasteiger partial charge in [-0.25, -0.2) is 18.4 Å². The van der Waals surface area contributed by atoms with Crippen LogP contribution < -0.4 is 10.5 Å². The normalized spacial score (nSPS) is 15.6. The number of hydrogen-bond donors (Lipinski definition) is 2. The molecule has 2 amide bonds. The zero-order valence-electron chi connectivity index (χ0n) is 10.1. The third-order valence-electron chi connectivity index (χ3n) is 2.90. The molecule has 2 rings (SSSR count). The number of benzene rings is 1. The summed E-state index contributed by atoms with van der Waals surface area (Å²) < 4.78 is 22.9. The summed E-state index contributed by atoms with van der Waals surface area (Å²) >= 11 is 3.22. The summed E-state index contributed by atoms with van der Waals surface area (Å²) in [6.07, 6.45) is 2.03. The number of sulfonamides is 1. The Morgan fingerprint density at radius 2 is 1.95 bits per heavy atom. The molecule has 0 radical (unpaired) electrons. The average Bonchev–Trinajstić information content (AvgIpc) is 2.84. The van der Waals surface area contributed by atoms with Gasteiger partial charge in [0.1, 0.15) is 0 Å². The highest BCUT2D eigenvalue weighted by atomic mass is 79.9. The molecule has 1 saturated heterocycles. The highest BCUT2D eigenvalue weighted by Crippen LogP contribution is 2.25. The topological polar surface area (TPSA) is 92.5 Å². The van der Waals surface area contributed by atoms with E-state index in [1.165, 1.54) is 18.2 Å². The molecule has 0 atom stereocenters. The van der Waals surface area contributed by atoms with E-state index >= 15 is 0 Å². The van der Waals surface area contributed by atoms with Gasteiger partial charge in [-0.15, -0.1) is 0 Å². The van der Waals surface area contributed by atoms with Gasteiger partial charge in [-0.05, 0) is 47.0 Å². The fourth-order valence-electron chi connectivity index (χ4n) is 1.89. The number of amides is 2. The van der Waals surface area contributed by atoms with Crippen molar-refractivity contribution in [1.29, 1.82) is 0 Å². The zero-order chi connectivity index (χ0) is 14.0. The van der Waals surface area contributed by atoms with E-state index in [0.29, 0.717) is 10.2 Å². The van der Waals surface area contributed by atoms with E-state index < -0.39 is 10.0 Å². The summed E-state index contributed by atoms with van der Waals surface area (Å²) in [4.78, 5) is 13.6. The SMILES string of the molecule is NS(=O)(=O)c1ccc(NC(=O)N2CCCC2)c(Br)c1. The van der Waals surface area contributed by atoms with Crippen LogP contribution in [-0.4, -0.2) is 32.4 Å². The van der Waals surface area contributed by atoms with E-state index in [4.69, 9.17) is 5.14 Å². The second-order valence-electron chi connectivity index (χ2n) is 4.31. The van der Waals surface area contributed by atoms with Crippen LogP contribution in [0.2, 0.25) is 0 Å². The Morgan fingerprint density at radius 3 is 2.47 bits per heavy atom. The van der Waals surface area contributed by atoms with Crippen LogP contribution in [0.25, 0.3) is 0 Å². The molecule has 1 aromatic carbocycles. The van der Waals surface area contributed by atoms with Crippen molar-refractivity contribution in [3.8, 4) is 0 Å². The van der Waals surface area contributed by atoms with Gasteiger partial charge in [-0.2, -0.15) is 0 Å². The highest BCUT2D eigenvalue weighted by molar-refractivity contribution is 9.10. The molecule has 8 heteroatoms. The predicted molar refractivity (Wildman–Crippen MR) is 75.3 cm³/mol. The number of rotatable bonds is 2. The number of hydrogen-bond acceptors (Lipinski definition) is 3. The number of nitrogens with two attached hydrogens (primary N) is 1. The van der Waals surface area contributed by atoms with Crippen molar-refractivity contribution < 1.29 is 13.2 Å². The lowest BCUT2D eigenvalue weighted by molar-refractivity contribution is 0.222. The molecule has 6 nitrogen and oxygen atoms in total. The second-order valence-corrected chi connectivity index (χ2v) is 6.73. The standard InChI is InChI=1S/C11H14BrN3O3S/c12-9-7-8(19(13,17)18)3-4-10(9)14-11(16)15-5-1-2-6-15/h3-4,7H,1-2,5-6H2,(H,14,16)(H2,13,17,18). The van der Waals surface area contributed by atoms with Crippen molar-refractivity contribution in [1.82, 2.24) is 4.90 Å². The fraction of sp³-hybridized carbons (Fsp3) is 0.364. The van der Waals surface area contributed by atoms with Gasteiger partial charge in [0.05, 0.1) is 10.6 Å². The summed E-state index contributed by atoms with van der Waals surface area (Å²) in [5, 5.41) is 7.77. The summed E-state index contributed by atoms with van der Waals surface area (Å²) in [6, 6.07) is 4.06. The number of anilines is 1. The molecule has 1 heterocycles. The monoisotopic (exact) mass is 347 g/mol. The number of halogens is 1. The number of carbonyl (C=O) groups is 1. The Bertz CT molecular complexity index is 597. The number of nitrogens with zero attached hydrogens (tertiary/aromatic N) is 1. The second kappa shape index (κ2) is 5.48. The van der Waals surface area contributed by atoms with Crippen LogP contribution in [-0.2, 0) is 10.0 Å². The number of urea groups is 1. The molecule has 1 aliphatic heterocycles. The molecule has 0 aromatic heterocycles. The minimum atomic E-state index is -3.74. The summed E-state index contributed by atoms with van der Waals surface area (Å²) in [5.41, 5.74) is 0.518. The van der Waals surface area contributed by atoms with Crippen LogP contribution in [0.1, 0.15) is 12.8 Å². The van der Waals surface area contributed by atoms with E-state index in [1.54, 1.807) is 4.90 Å². The highest BCUT2D eigenvalue weighted by Gasteiger charge is 2.19. The minimum absolute atomic E-state index is 0.00135. The molecule has 0 unspecified atom stereocenters. The average molecular weight is 348 g/mol. The Balaban J connectivity index is 2.15. The lowest BCUT2D eigenvalue weighted by Crippen LogP contribution is -2.32. The van der Waals surface area contributed by atoms with Gasteiger partial charge >= 0.3 is 6.03 Å². The molecule has 0 saturated carbocycles. The first-order chi connectivity index (χ1) is 8.88. The van der Waals surface area contributed by atoms with Crippen molar-refractivity contribution in [3.05, 3.63) is 22.7 Å². The molecule has 3 N–H and O–H groups in total. The lowest BCUT2D eigenvalue weighted by atomic mass is 10.3. The van der Waals surface area contributed by atoms with Crippen LogP contribution in [0.5, 0.6) is 0 Å². The van der Waals surface area contributed by atoms with E-state index in [2.05, 4.69) is 21.2 Å². The quantitative estimate of drug-likeness (QED) is 0.852. The van der Waals surface area contributed by atoms with Gasteiger partial charge in [-0.3, -0.25) is 0 Å². The molecule has 19 heavy (non-hydrogen) atoms. The van der Waals surface area contributed by atoms with Crippen molar-refractivity contribution in [2.75, 3.05) is 18.4 Å². The Kier molecular flexibility index (Phi) is 4.12. The van der Waals surface area contributed by atoms with Crippen LogP contribution in [0.3, 0.4) is 0 Å². The smallest absolute Gasteiger partial charge is 0.321 e. The Labute approximate surface area is 120 Å². The molecule has 0 bridgehead atoms. The molecule has 1 fully saturated rings. The van der Waals surface area contributed by atoms with Gasteiger partial charge in [0.25, 0.3) is 0 Å². The van der Waals surface area contributed by atoms with E-state index in [0.717, 1.165) is 25.9 Å². The molecule has 104 valence electrons. The Morgan fingerprint density at radius 1 is 1.32 bits per heavy atom. The van der Waals surface area contributed by atoms with E-state index in [9.17, 15) is 13.2 Å². The zero-order valence-corrected chi connectivity index (χ0v) is 12.5. The number of carbonyl (C=O) groups excluding carboxylic acids is 1. The van der Waals surface area contributed by atoms with Gasteiger partial charge < -0.3 is 10.2 Å². The first-order valence-corrected chi connectivity index (χ1v) is 8.10. The molecule has 0 spiro atoms. The van der Waals surface area contributed by atoms with Gasteiger partial charge in [0.15, 0.2) is 0 Å². The molecular formula is C11H14BrN3O3S. The maximum Gasteiger partial charge on any atom is 0.321 e. The molecule has 1 aromatic rings. The van der Waals surface area contributed by atoms with Crippen LogP contribution >= 0.6 is 15.9 Å². The predicted octanol–water partition coefficient (Wildman–Crippen LogP) is 1.72. The van der Waals surface area contributed by atoms with E-state index in [1.807, 2.05) is 0 Å². The van der Waals surface area contributed by atoms with Crippen LogP contribution in [0.4, 0.5) is 10.5 Å². The van der Waals surface area contributed by atoms with Gasteiger partial charge in [0.2, 0.25) is 10.0 Å². The first kappa shape index (κ1) is 14.3. The molecule has 1 aliphatic rings. The summed E-state index contributed by atoms with van der Waals surface area (Å²) in [7, 11) is -3.74. The summed E-state index contributed by atoms with van der Waals surface area (Å²) in [6.45, 7) is 1.50. The van der Waals surface area contributed by atoms with Crippen LogP contribution in [0.15, 0.2) is 27.6 Å². The van der Waals surface area contributed by atoms with Crippen molar-refractivity contribution in [2.24, 2.45) is 5.14 Å². The minimum Gasteiger partial charge on any atom is -0.325 e. The van der Waals surface area contributed by atoms with Crippen molar-refractivity contribution in [2.45, 2.75) is 17.7 Å². The number of likely N-dealkylation sites (tertiary alicyclic amines) is 1. The van der Waals surface area contributed by atoms with Gasteiger partial charge in [0, 0.05) is 17.6 Å². The number of nitrogens with one attached hydrogen (secondary N) is 1. The van der Waals surface area contributed by atoms with Crippen LogP contribution in [0, 0.1) is 0 Å². The molecular weight excluding hydrogens is 334 g/mol. The molecule has 0 aliphatic carbocycles. The largest absolute Gasteiger partial charge is 0.325 e. The number of primary sulfonamides is 1. The van der Waals surface area contributed by atoms with E-state index in [-0.39, 0.29) is 10.9 Å².